The Morgan fingerprint density at radius 3 is 3.05 bits per heavy atom. The number of hydrogen-bond donors (Lipinski definition) is 1. The van der Waals surface area contributed by atoms with Gasteiger partial charge in [-0.05, 0) is 30.6 Å². The number of fused-ring (bicyclic) bond motifs is 3. The minimum absolute atomic E-state index is 0.0203. The predicted octanol–water partition coefficient (Wildman–Crippen LogP) is 1.46. The number of hydrogen-bond acceptors (Lipinski definition) is 4. The summed E-state index contributed by atoms with van der Waals surface area (Å²) in [7, 11) is 0. The normalized spacial score (nSPS) is 15.6. The smallest absolute Gasteiger partial charge is 0.246 e. The summed E-state index contributed by atoms with van der Waals surface area (Å²) >= 11 is 1.71. The van der Waals surface area contributed by atoms with Crippen LogP contribution in [-0.4, -0.2) is 40.1 Å². The Kier molecular flexibility index (Phi) is 3.67. The van der Waals surface area contributed by atoms with Gasteiger partial charge in [-0.2, -0.15) is 11.8 Å². The first-order valence-corrected chi connectivity index (χ1v) is 8.13. The van der Waals surface area contributed by atoms with Crippen molar-refractivity contribution in [1.82, 2.24) is 9.55 Å². The molecule has 6 heteroatoms. The van der Waals surface area contributed by atoms with E-state index in [1.807, 2.05) is 30.5 Å². The number of carbonyl (C=O) groups is 1. The van der Waals surface area contributed by atoms with Gasteiger partial charge in [0.2, 0.25) is 11.9 Å². The van der Waals surface area contributed by atoms with Gasteiger partial charge in [0.15, 0.2) is 0 Å². The lowest BCUT2D eigenvalue weighted by Crippen LogP contribution is -2.43. The molecule has 1 aliphatic heterocycles. The number of nitrogens with zero attached hydrogens (tertiary/aromatic N) is 3. The van der Waals surface area contributed by atoms with Crippen LogP contribution in [0.2, 0.25) is 0 Å². The van der Waals surface area contributed by atoms with Crippen LogP contribution in [0.25, 0.3) is 11.0 Å². The molecule has 0 radical (unpaired) electrons. The van der Waals surface area contributed by atoms with Crippen LogP contribution < -0.4 is 10.6 Å². The van der Waals surface area contributed by atoms with Crippen LogP contribution in [0.4, 0.5) is 5.95 Å². The quantitative estimate of drug-likeness (QED) is 0.926. The molecule has 1 atom stereocenters. The van der Waals surface area contributed by atoms with Gasteiger partial charge in [0, 0.05) is 13.1 Å². The summed E-state index contributed by atoms with van der Waals surface area (Å²) in [5, 5.41) is 0. The Balaban J connectivity index is 1.87. The fraction of sp³-hybridized carbons (Fsp3) is 0.429. The number of nitrogens with two attached hydrogens (primary N) is 1. The lowest BCUT2D eigenvalue weighted by atomic mass is 10.2. The highest BCUT2D eigenvalue weighted by Gasteiger charge is 2.30. The molecule has 2 N–H and O–H groups in total. The third kappa shape index (κ3) is 2.19. The van der Waals surface area contributed by atoms with E-state index in [4.69, 9.17) is 5.73 Å². The van der Waals surface area contributed by atoms with Crippen molar-refractivity contribution in [1.29, 1.82) is 0 Å². The highest BCUT2D eigenvalue weighted by Crippen LogP contribution is 2.27. The van der Waals surface area contributed by atoms with E-state index in [1.54, 1.807) is 16.7 Å². The van der Waals surface area contributed by atoms with Crippen molar-refractivity contribution < 1.29 is 4.79 Å². The third-order valence-corrected chi connectivity index (χ3v) is 4.28. The SMILES string of the molecule is CSCC[C@H](N)C(=O)N1CCn2c1nc1ccccc12. The Hall–Kier alpha value is -1.53. The summed E-state index contributed by atoms with van der Waals surface area (Å²) in [5.41, 5.74) is 8.00. The molecule has 0 spiro atoms. The van der Waals surface area contributed by atoms with Crippen LogP contribution in [0.3, 0.4) is 0 Å². The highest BCUT2D eigenvalue weighted by atomic mass is 32.2. The largest absolute Gasteiger partial charge is 0.320 e. The van der Waals surface area contributed by atoms with Gasteiger partial charge < -0.3 is 10.3 Å². The fourth-order valence-corrected chi connectivity index (χ4v) is 3.06. The number of anilines is 1. The maximum Gasteiger partial charge on any atom is 0.246 e. The summed E-state index contributed by atoms with van der Waals surface area (Å²) in [6.07, 6.45) is 2.73. The first-order chi connectivity index (χ1) is 9.72. The average Bonchev–Trinajstić information content (AvgIpc) is 3.02. The summed E-state index contributed by atoms with van der Waals surface area (Å²) in [4.78, 5) is 18.7. The van der Waals surface area contributed by atoms with Gasteiger partial charge in [-0.3, -0.25) is 9.69 Å². The maximum absolute atomic E-state index is 12.4. The van der Waals surface area contributed by atoms with Crippen molar-refractivity contribution in [2.75, 3.05) is 23.5 Å². The van der Waals surface area contributed by atoms with Crippen molar-refractivity contribution >= 4 is 34.7 Å². The van der Waals surface area contributed by atoms with Crippen LogP contribution in [-0.2, 0) is 11.3 Å². The van der Waals surface area contributed by atoms with E-state index in [0.717, 1.165) is 29.3 Å². The summed E-state index contributed by atoms with van der Waals surface area (Å²) in [6, 6.07) is 7.52. The molecule has 0 fully saturated rings. The molecule has 0 saturated carbocycles. The van der Waals surface area contributed by atoms with Crippen molar-refractivity contribution in [3.8, 4) is 0 Å². The molecular weight excluding hydrogens is 272 g/mol. The second kappa shape index (κ2) is 5.46. The molecule has 1 aromatic heterocycles. The highest BCUT2D eigenvalue weighted by molar-refractivity contribution is 7.98. The topological polar surface area (TPSA) is 64.2 Å². The minimum atomic E-state index is -0.436. The van der Waals surface area contributed by atoms with Crippen molar-refractivity contribution in [2.45, 2.75) is 19.0 Å². The van der Waals surface area contributed by atoms with Gasteiger partial charge in [0.05, 0.1) is 17.1 Å². The number of imidazole rings is 1. The molecule has 5 nitrogen and oxygen atoms in total. The Morgan fingerprint density at radius 1 is 1.45 bits per heavy atom. The van der Waals surface area contributed by atoms with Crippen molar-refractivity contribution in [2.24, 2.45) is 5.73 Å². The van der Waals surface area contributed by atoms with Gasteiger partial charge in [0.1, 0.15) is 0 Å². The van der Waals surface area contributed by atoms with Gasteiger partial charge in [-0.25, -0.2) is 4.98 Å². The number of benzene rings is 1. The van der Waals surface area contributed by atoms with Crippen molar-refractivity contribution in [3.63, 3.8) is 0 Å². The summed E-state index contributed by atoms with van der Waals surface area (Å²) < 4.78 is 2.09. The molecule has 1 aromatic carbocycles. The molecule has 3 rings (SSSR count). The van der Waals surface area contributed by atoms with E-state index in [1.165, 1.54) is 0 Å². The second-order valence-corrected chi connectivity index (χ2v) is 5.92. The first kappa shape index (κ1) is 13.5. The predicted molar refractivity (Wildman–Crippen MR) is 83.1 cm³/mol. The number of para-hydroxylation sites is 2. The number of thioether (sulfide) groups is 1. The molecule has 1 amide bonds. The van der Waals surface area contributed by atoms with Crippen LogP contribution in [0.1, 0.15) is 6.42 Å². The molecule has 0 bridgehead atoms. The maximum atomic E-state index is 12.4. The van der Waals surface area contributed by atoms with E-state index in [-0.39, 0.29) is 5.91 Å². The zero-order valence-corrected chi connectivity index (χ0v) is 12.3. The zero-order valence-electron chi connectivity index (χ0n) is 11.5. The lowest BCUT2D eigenvalue weighted by Gasteiger charge is -2.18. The van der Waals surface area contributed by atoms with Gasteiger partial charge in [-0.15, -0.1) is 0 Å². The molecule has 1 aliphatic rings. The van der Waals surface area contributed by atoms with Crippen LogP contribution >= 0.6 is 11.8 Å². The molecule has 106 valence electrons. The van der Waals surface area contributed by atoms with E-state index < -0.39 is 6.04 Å². The zero-order chi connectivity index (χ0) is 14.1. The Morgan fingerprint density at radius 2 is 2.25 bits per heavy atom. The Bertz CT molecular complexity index is 639. The molecule has 0 aliphatic carbocycles. The number of amides is 1. The van der Waals surface area contributed by atoms with E-state index in [9.17, 15) is 4.79 Å². The van der Waals surface area contributed by atoms with E-state index in [0.29, 0.717) is 13.0 Å². The number of aromatic nitrogens is 2. The minimum Gasteiger partial charge on any atom is -0.320 e. The lowest BCUT2D eigenvalue weighted by molar-refractivity contribution is -0.119. The molecular formula is C14H18N4OS. The number of carbonyl (C=O) groups excluding carboxylic acids is 1. The standard InChI is InChI=1S/C14H18N4OS/c1-20-9-6-10(15)13(19)18-8-7-17-12-5-3-2-4-11(12)16-14(17)18/h2-5,10H,6-9,15H2,1H3/t10-/m0/s1. The first-order valence-electron chi connectivity index (χ1n) is 6.73. The number of rotatable bonds is 4. The molecule has 2 aromatic rings. The van der Waals surface area contributed by atoms with Crippen LogP contribution in [0.15, 0.2) is 24.3 Å². The van der Waals surface area contributed by atoms with Gasteiger partial charge in [-0.1, -0.05) is 12.1 Å². The average molecular weight is 290 g/mol. The summed E-state index contributed by atoms with van der Waals surface area (Å²) in [6.45, 7) is 1.45. The van der Waals surface area contributed by atoms with Crippen LogP contribution in [0.5, 0.6) is 0 Å². The molecule has 0 saturated heterocycles. The van der Waals surface area contributed by atoms with E-state index in [2.05, 4.69) is 9.55 Å². The van der Waals surface area contributed by atoms with Crippen LogP contribution in [0, 0.1) is 0 Å². The molecule has 20 heavy (non-hydrogen) atoms. The summed E-state index contributed by atoms with van der Waals surface area (Å²) in [5.74, 6) is 1.61. The fourth-order valence-electron chi connectivity index (χ4n) is 2.57. The van der Waals surface area contributed by atoms with Crippen molar-refractivity contribution in [3.05, 3.63) is 24.3 Å². The molecule has 2 heterocycles. The second-order valence-electron chi connectivity index (χ2n) is 4.93. The third-order valence-electron chi connectivity index (χ3n) is 3.64. The molecule has 0 unspecified atom stereocenters. The Labute approximate surface area is 122 Å². The van der Waals surface area contributed by atoms with Gasteiger partial charge >= 0.3 is 0 Å². The monoisotopic (exact) mass is 290 g/mol. The van der Waals surface area contributed by atoms with Gasteiger partial charge in [0.25, 0.3) is 0 Å². The van der Waals surface area contributed by atoms with E-state index >= 15 is 0 Å².